The minimum atomic E-state index is -3.66. The van der Waals surface area contributed by atoms with Gasteiger partial charge in [-0.1, -0.05) is 35.3 Å². The highest BCUT2D eigenvalue weighted by Gasteiger charge is 2.30. The molecule has 1 aromatic heterocycles. The van der Waals surface area contributed by atoms with Crippen molar-refractivity contribution in [2.75, 3.05) is 13.1 Å². The topological polar surface area (TPSA) is 59.5 Å². The number of fused-ring (bicyclic) bond motifs is 1. The van der Waals surface area contributed by atoms with E-state index in [1.807, 2.05) is 38.1 Å². The van der Waals surface area contributed by atoms with Crippen molar-refractivity contribution in [1.29, 1.82) is 0 Å². The Morgan fingerprint density at radius 3 is 2.57 bits per heavy atom. The minimum Gasteiger partial charge on any atom is -0.487 e. The molecule has 0 saturated carbocycles. The molecule has 1 saturated heterocycles. The Morgan fingerprint density at radius 2 is 1.83 bits per heavy atom. The van der Waals surface area contributed by atoms with E-state index in [0.717, 1.165) is 35.0 Å². The molecule has 3 aromatic rings. The fourth-order valence-corrected chi connectivity index (χ4v) is 6.18. The maximum absolute atomic E-state index is 13.0. The van der Waals surface area contributed by atoms with Crippen molar-refractivity contribution in [3.8, 4) is 5.75 Å². The summed E-state index contributed by atoms with van der Waals surface area (Å²) < 4.78 is 33.5. The summed E-state index contributed by atoms with van der Waals surface area (Å²) in [7, 11) is -3.66. The van der Waals surface area contributed by atoms with Crippen LogP contribution in [0, 0.1) is 13.8 Å². The van der Waals surface area contributed by atoms with Crippen molar-refractivity contribution < 1.29 is 13.2 Å². The van der Waals surface area contributed by atoms with Crippen LogP contribution < -0.4 is 4.74 Å². The molecule has 30 heavy (non-hydrogen) atoms. The molecule has 0 amide bonds. The number of benzene rings is 2. The molecule has 158 valence electrons. The molecule has 5 nitrogen and oxygen atoms in total. The molecule has 1 fully saturated rings. The van der Waals surface area contributed by atoms with Crippen LogP contribution in [-0.4, -0.2) is 30.8 Å². The van der Waals surface area contributed by atoms with E-state index in [4.69, 9.17) is 27.9 Å². The molecule has 2 aromatic carbocycles. The Hall–Kier alpha value is -1.86. The van der Waals surface area contributed by atoms with Crippen molar-refractivity contribution in [2.24, 2.45) is 0 Å². The summed E-state index contributed by atoms with van der Waals surface area (Å²) in [6.45, 7) is 5.01. The van der Waals surface area contributed by atoms with Gasteiger partial charge in [0.2, 0.25) is 10.0 Å². The third kappa shape index (κ3) is 3.89. The van der Waals surface area contributed by atoms with Gasteiger partial charge < -0.3 is 4.74 Å². The molecule has 1 aliphatic rings. The summed E-state index contributed by atoms with van der Waals surface area (Å²) >= 11 is 12.9. The van der Waals surface area contributed by atoms with E-state index < -0.39 is 10.0 Å². The van der Waals surface area contributed by atoms with Gasteiger partial charge in [-0.25, -0.2) is 13.4 Å². The predicted molar refractivity (Wildman–Crippen MR) is 120 cm³/mol. The van der Waals surface area contributed by atoms with Crippen LogP contribution in [0.25, 0.3) is 10.9 Å². The Balaban J connectivity index is 1.69. The lowest BCUT2D eigenvalue weighted by Crippen LogP contribution is -2.28. The van der Waals surface area contributed by atoms with E-state index in [1.54, 1.807) is 6.07 Å². The Bertz CT molecular complexity index is 1220. The van der Waals surface area contributed by atoms with Crippen LogP contribution in [-0.2, 0) is 16.6 Å². The van der Waals surface area contributed by atoms with E-state index in [1.165, 1.54) is 10.4 Å². The van der Waals surface area contributed by atoms with E-state index in [-0.39, 0.29) is 16.5 Å². The van der Waals surface area contributed by atoms with Crippen LogP contribution >= 0.6 is 23.2 Å². The van der Waals surface area contributed by atoms with E-state index >= 15 is 0 Å². The van der Waals surface area contributed by atoms with Gasteiger partial charge in [-0.15, -0.1) is 0 Å². The standard InChI is InChI=1S/C22H22Cl2N2O3S/c1-14-12-15(2)25-22-16(14)6-5-7-19(22)29-13-17-18(23)8-9-20(21(17)24)30(27,28)26-10-3-4-11-26/h5-9,12H,3-4,10-11,13H2,1-2H3. The zero-order valence-electron chi connectivity index (χ0n) is 16.8. The largest absolute Gasteiger partial charge is 0.487 e. The molecule has 0 unspecified atom stereocenters. The first-order valence-corrected chi connectivity index (χ1v) is 12.0. The van der Waals surface area contributed by atoms with E-state index in [2.05, 4.69) is 4.98 Å². The summed E-state index contributed by atoms with van der Waals surface area (Å²) in [6, 6.07) is 10.8. The van der Waals surface area contributed by atoms with Crippen molar-refractivity contribution in [2.45, 2.75) is 38.2 Å². The average molecular weight is 465 g/mol. The lowest BCUT2D eigenvalue weighted by Gasteiger charge is -2.19. The van der Waals surface area contributed by atoms with Crippen LogP contribution in [0.5, 0.6) is 5.75 Å². The molecule has 0 spiro atoms. The summed E-state index contributed by atoms with van der Waals surface area (Å²) in [6.07, 6.45) is 1.71. The predicted octanol–water partition coefficient (Wildman–Crippen LogP) is 5.52. The Morgan fingerprint density at radius 1 is 1.10 bits per heavy atom. The first-order valence-electron chi connectivity index (χ1n) is 9.76. The van der Waals surface area contributed by atoms with Gasteiger partial charge in [-0.3, -0.25) is 0 Å². The van der Waals surface area contributed by atoms with E-state index in [9.17, 15) is 8.42 Å². The normalized spacial score (nSPS) is 15.1. The van der Waals surface area contributed by atoms with Gasteiger partial charge in [0.25, 0.3) is 0 Å². The fraction of sp³-hybridized carbons (Fsp3) is 0.318. The smallest absolute Gasteiger partial charge is 0.244 e. The second-order valence-electron chi connectivity index (χ2n) is 7.47. The summed E-state index contributed by atoms with van der Waals surface area (Å²) in [5, 5.41) is 1.47. The van der Waals surface area contributed by atoms with Crippen LogP contribution in [0.2, 0.25) is 10.0 Å². The highest BCUT2D eigenvalue weighted by atomic mass is 35.5. The Kier molecular flexibility index (Phi) is 5.95. The average Bonchev–Trinajstić information content (AvgIpc) is 3.23. The molecular formula is C22H22Cl2N2O3S. The number of aromatic nitrogens is 1. The molecule has 1 aliphatic heterocycles. The minimum absolute atomic E-state index is 0.0365. The van der Waals surface area contributed by atoms with Gasteiger partial charge >= 0.3 is 0 Å². The molecule has 0 bridgehead atoms. The fourth-order valence-electron chi connectivity index (χ4n) is 3.80. The number of hydrogen-bond donors (Lipinski definition) is 0. The van der Waals surface area contributed by atoms with Gasteiger partial charge in [0.15, 0.2) is 0 Å². The molecule has 0 radical (unpaired) electrons. The second kappa shape index (κ2) is 8.35. The molecular weight excluding hydrogens is 443 g/mol. The number of pyridine rings is 1. The van der Waals surface area contributed by atoms with Crippen LogP contribution in [0.1, 0.15) is 29.7 Å². The molecule has 0 aliphatic carbocycles. The number of sulfonamides is 1. The van der Waals surface area contributed by atoms with Gasteiger partial charge in [0, 0.05) is 34.8 Å². The zero-order chi connectivity index (χ0) is 21.5. The molecule has 0 N–H and O–H groups in total. The van der Waals surface area contributed by atoms with Gasteiger partial charge in [-0.05, 0) is 56.5 Å². The maximum Gasteiger partial charge on any atom is 0.244 e. The third-order valence-corrected chi connectivity index (χ3v) is 8.18. The summed E-state index contributed by atoms with van der Waals surface area (Å²) in [4.78, 5) is 4.68. The first kappa shape index (κ1) is 21.4. The number of para-hydroxylation sites is 1. The van der Waals surface area contributed by atoms with Crippen molar-refractivity contribution in [1.82, 2.24) is 9.29 Å². The summed E-state index contributed by atoms with van der Waals surface area (Å²) in [5.41, 5.74) is 3.20. The van der Waals surface area contributed by atoms with Gasteiger partial charge in [-0.2, -0.15) is 4.31 Å². The number of nitrogens with zero attached hydrogens (tertiary/aromatic N) is 2. The first-order chi connectivity index (χ1) is 14.3. The molecule has 8 heteroatoms. The maximum atomic E-state index is 13.0. The lowest BCUT2D eigenvalue weighted by atomic mass is 10.1. The number of hydrogen-bond acceptors (Lipinski definition) is 4. The third-order valence-electron chi connectivity index (χ3n) is 5.34. The van der Waals surface area contributed by atoms with E-state index in [0.29, 0.717) is 29.4 Å². The lowest BCUT2D eigenvalue weighted by molar-refractivity contribution is 0.309. The van der Waals surface area contributed by atoms with Crippen LogP contribution in [0.4, 0.5) is 0 Å². The second-order valence-corrected chi connectivity index (χ2v) is 10.2. The quantitative estimate of drug-likeness (QED) is 0.498. The van der Waals surface area contributed by atoms with Gasteiger partial charge in [0.05, 0.1) is 5.02 Å². The zero-order valence-corrected chi connectivity index (χ0v) is 19.1. The monoisotopic (exact) mass is 464 g/mol. The van der Waals surface area contributed by atoms with Crippen molar-refractivity contribution >= 4 is 44.1 Å². The van der Waals surface area contributed by atoms with Gasteiger partial charge in [0.1, 0.15) is 22.8 Å². The number of halogens is 2. The summed E-state index contributed by atoms with van der Waals surface area (Å²) in [5.74, 6) is 0.597. The van der Waals surface area contributed by atoms with Crippen molar-refractivity contribution in [3.05, 3.63) is 63.3 Å². The Labute approximate surface area is 186 Å². The number of rotatable bonds is 5. The van der Waals surface area contributed by atoms with Crippen LogP contribution in [0.15, 0.2) is 41.3 Å². The SMILES string of the molecule is Cc1cc(C)c2cccc(OCc3c(Cl)ccc(S(=O)(=O)N4CCCC4)c3Cl)c2n1. The molecule has 2 heterocycles. The van der Waals surface area contributed by atoms with Crippen molar-refractivity contribution in [3.63, 3.8) is 0 Å². The number of aryl methyl sites for hydroxylation is 2. The van der Waals surface area contributed by atoms with Crippen LogP contribution in [0.3, 0.4) is 0 Å². The molecule has 4 rings (SSSR count). The highest BCUT2D eigenvalue weighted by molar-refractivity contribution is 7.89. The molecule has 0 atom stereocenters. The highest BCUT2D eigenvalue weighted by Crippen LogP contribution is 2.35. The number of ether oxygens (including phenoxy) is 1.